The van der Waals surface area contributed by atoms with Gasteiger partial charge in [-0.2, -0.15) is 0 Å². The number of anilines is 1. The molecule has 0 radical (unpaired) electrons. The van der Waals surface area contributed by atoms with Crippen molar-refractivity contribution in [3.05, 3.63) is 11.2 Å². The number of thiazole rings is 1. The molecule has 1 aromatic rings. The van der Waals surface area contributed by atoms with E-state index in [1.807, 2.05) is 6.92 Å². The average molecular weight is 285 g/mol. The number of nitrogens with zero attached hydrogens (tertiary/aromatic N) is 1. The zero-order valence-electron chi connectivity index (χ0n) is 11.2. The maximum atomic E-state index is 11.6. The molecule has 0 aromatic carbocycles. The Morgan fingerprint density at radius 3 is 2.84 bits per heavy atom. The van der Waals surface area contributed by atoms with E-state index >= 15 is 0 Å². The van der Waals surface area contributed by atoms with Crippen molar-refractivity contribution >= 4 is 28.2 Å². The van der Waals surface area contributed by atoms with Crippen LogP contribution in [0.4, 0.5) is 5.00 Å². The maximum Gasteiger partial charge on any atom is 0.360 e. The van der Waals surface area contributed by atoms with Gasteiger partial charge in [-0.25, -0.2) is 9.78 Å². The minimum Gasteiger partial charge on any atom is -0.461 e. The average Bonchev–Trinajstić information content (AvgIpc) is 2.85. The Kier molecular flexibility index (Phi) is 6.88. The Labute approximate surface area is 116 Å². The third-order valence-electron chi connectivity index (χ3n) is 2.25. The molecule has 2 N–H and O–H groups in total. The van der Waals surface area contributed by atoms with Crippen LogP contribution in [0.1, 0.15) is 37.2 Å². The number of amides is 1. The van der Waals surface area contributed by atoms with E-state index in [0.29, 0.717) is 31.1 Å². The second-order valence-corrected chi connectivity index (χ2v) is 4.63. The van der Waals surface area contributed by atoms with Gasteiger partial charge in [-0.3, -0.25) is 4.79 Å². The zero-order chi connectivity index (χ0) is 14.1. The zero-order valence-corrected chi connectivity index (χ0v) is 12.0. The molecule has 0 fully saturated rings. The quantitative estimate of drug-likeness (QED) is 0.710. The van der Waals surface area contributed by atoms with Gasteiger partial charge in [0.1, 0.15) is 5.00 Å². The SMILES string of the molecule is CCCNC(=O)CCNc1scnc1C(=O)OCC. The highest BCUT2D eigenvalue weighted by Crippen LogP contribution is 2.20. The molecule has 0 aliphatic carbocycles. The van der Waals surface area contributed by atoms with Gasteiger partial charge in [0.2, 0.25) is 5.91 Å². The number of hydrogen-bond donors (Lipinski definition) is 2. The van der Waals surface area contributed by atoms with Gasteiger partial charge in [0, 0.05) is 19.5 Å². The predicted octanol–water partition coefficient (Wildman–Crippen LogP) is 1.65. The minimum atomic E-state index is -0.443. The van der Waals surface area contributed by atoms with Crippen LogP contribution in [-0.2, 0) is 9.53 Å². The largest absolute Gasteiger partial charge is 0.461 e. The van der Waals surface area contributed by atoms with Crippen LogP contribution in [0.2, 0.25) is 0 Å². The van der Waals surface area contributed by atoms with E-state index in [4.69, 9.17) is 4.74 Å². The summed E-state index contributed by atoms with van der Waals surface area (Å²) in [7, 11) is 0. The van der Waals surface area contributed by atoms with Gasteiger partial charge in [-0.1, -0.05) is 6.92 Å². The van der Waals surface area contributed by atoms with Crippen LogP contribution in [0, 0.1) is 0 Å². The first-order valence-corrected chi connectivity index (χ1v) is 7.18. The number of carbonyl (C=O) groups is 2. The summed E-state index contributed by atoms with van der Waals surface area (Å²) in [6, 6.07) is 0. The first-order valence-electron chi connectivity index (χ1n) is 6.30. The Morgan fingerprint density at radius 1 is 1.37 bits per heavy atom. The Bertz CT molecular complexity index is 420. The summed E-state index contributed by atoms with van der Waals surface area (Å²) in [6.45, 7) is 5.21. The van der Waals surface area contributed by atoms with E-state index in [1.165, 1.54) is 11.3 Å². The summed E-state index contributed by atoms with van der Waals surface area (Å²) < 4.78 is 4.89. The number of esters is 1. The second kappa shape index (κ2) is 8.47. The van der Waals surface area contributed by atoms with Crippen molar-refractivity contribution < 1.29 is 14.3 Å². The molecule has 7 heteroatoms. The number of aromatic nitrogens is 1. The van der Waals surface area contributed by atoms with E-state index in [1.54, 1.807) is 12.4 Å². The fourth-order valence-corrected chi connectivity index (χ4v) is 2.06. The standard InChI is InChI=1S/C12H19N3O3S/c1-3-6-13-9(16)5-7-14-11-10(15-8-19-11)12(17)18-4-2/h8,14H,3-7H2,1-2H3,(H,13,16). The summed E-state index contributed by atoms with van der Waals surface area (Å²) in [6.07, 6.45) is 1.28. The van der Waals surface area contributed by atoms with Crippen LogP contribution in [-0.4, -0.2) is 36.6 Å². The van der Waals surface area contributed by atoms with Crippen LogP contribution in [0.5, 0.6) is 0 Å². The number of nitrogens with one attached hydrogen (secondary N) is 2. The van der Waals surface area contributed by atoms with Crippen LogP contribution in [0.15, 0.2) is 5.51 Å². The number of rotatable bonds is 8. The first-order chi connectivity index (χ1) is 9.19. The summed E-state index contributed by atoms with van der Waals surface area (Å²) >= 11 is 1.32. The molecule has 0 aliphatic heterocycles. The van der Waals surface area contributed by atoms with Crippen molar-refractivity contribution in [3.63, 3.8) is 0 Å². The van der Waals surface area contributed by atoms with E-state index in [9.17, 15) is 9.59 Å². The van der Waals surface area contributed by atoms with Crippen molar-refractivity contribution in [2.24, 2.45) is 0 Å². The van der Waals surface area contributed by atoms with E-state index < -0.39 is 5.97 Å². The fraction of sp³-hybridized carbons (Fsp3) is 0.583. The molecule has 1 amide bonds. The highest BCUT2D eigenvalue weighted by Gasteiger charge is 2.15. The summed E-state index contributed by atoms with van der Waals surface area (Å²) in [5, 5.41) is 6.46. The monoisotopic (exact) mass is 285 g/mol. The molecule has 6 nitrogen and oxygen atoms in total. The van der Waals surface area contributed by atoms with Crippen molar-refractivity contribution in [1.29, 1.82) is 0 Å². The third kappa shape index (κ3) is 5.25. The highest BCUT2D eigenvalue weighted by molar-refractivity contribution is 7.14. The van der Waals surface area contributed by atoms with Crippen molar-refractivity contribution in [2.45, 2.75) is 26.7 Å². The molecular formula is C12H19N3O3S. The number of hydrogen-bond acceptors (Lipinski definition) is 6. The van der Waals surface area contributed by atoms with Crippen LogP contribution in [0.3, 0.4) is 0 Å². The summed E-state index contributed by atoms with van der Waals surface area (Å²) in [5.74, 6) is -0.446. The third-order valence-corrected chi connectivity index (χ3v) is 3.03. The van der Waals surface area contributed by atoms with Crippen molar-refractivity contribution in [3.8, 4) is 0 Å². The Balaban J connectivity index is 2.39. The Morgan fingerprint density at radius 2 is 2.16 bits per heavy atom. The molecule has 0 aliphatic rings. The Hall–Kier alpha value is -1.63. The summed E-state index contributed by atoms with van der Waals surface area (Å²) in [4.78, 5) is 26.9. The molecule has 106 valence electrons. The lowest BCUT2D eigenvalue weighted by Crippen LogP contribution is -2.26. The first kappa shape index (κ1) is 15.4. The lowest BCUT2D eigenvalue weighted by molar-refractivity contribution is -0.120. The van der Waals surface area contributed by atoms with E-state index in [-0.39, 0.29) is 11.6 Å². The normalized spacial score (nSPS) is 10.0. The van der Waals surface area contributed by atoms with Gasteiger partial charge in [-0.05, 0) is 13.3 Å². The number of ether oxygens (including phenoxy) is 1. The van der Waals surface area contributed by atoms with E-state index in [2.05, 4.69) is 15.6 Å². The van der Waals surface area contributed by atoms with Gasteiger partial charge < -0.3 is 15.4 Å². The second-order valence-electron chi connectivity index (χ2n) is 3.78. The number of carbonyl (C=O) groups excluding carboxylic acids is 2. The smallest absolute Gasteiger partial charge is 0.360 e. The van der Waals surface area contributed by atoms with Gasteiger partial charge in [0.05, 0.1) is 12.1 Å². The van der Waals surface area contributed by atoms with E-state index in [0.717, 1.165) is 6.42 Å². The molecule has 0 unspecified atom stereocenters. The minimum absolute atomic E-state index is 0.00319. The van der Waals surface area contributed by atoms with Gasteiger partial charge >= 0.3 is 5.97 Å². The molecule has 1 heterocycles. The van der Waals surface area contributed by atoms with Crippen LogP contribution >= 0.6 is 11.3 Å². The van der Waals surface area contributed by atoms with Gasteiger partial charge in [-0.15, -0.1) is 11.3 Å². The van der Waals surface area contributed by atoms with Crippen LogP contribution < -0.4 is 10.6 Å². The van der Waals surface area contributed by atoms with Gasteiger partial charge in [0.15, 0.2) is 5.69 Å². The van der Waals surface area contributed by atoms with Crippen LogP contribution in [0.25, 0.3) is 0 Å². The molecule has 0 saturated carbocycles. The van der Waals surface area contributed by atoms with Crippen molar-refractivity contribution in [1.82, 2.24) is 10.3 Å². The molecule has 19 heavy (non-hydrogen) atoms. The molecule has 0 saturated heterocycles. The lowest BCUT2D eigenvalue weighted by atomic mass is 10.3. The van der Waals surface area contributed by atoms with Gasteiger partial charge in [0.25, 0.3) is 0 Å². The summed E-state index contributed by atoms with van der Waals surface area (Å²) in [5.41, 5.74) is 1.85. The predicted molar refractivity (Wildman–Crippen MR) is 74.5 cm³/mol. The molecule has 0 atom stereocenters. The molecule has 1 rings (SSSR count). The topological polar surface area (TPSA) is 80.3 Å². The molecular weight excluding hydrogens is 266 g/mol. The van der Waals surface area contributed by atoms with Crippen molar-refractivity contribution in [2.75, 3.05) is 25.0 Å². The lowest BCUT2D eigenvalue weighted by Gasteiger charge is -2.06. The highest BCUT2D eigenvalue weighted by atomic mass is 32.1. The fourth-order valence-electron chi connectivity index (χ4n) is 1.36. The molecule has 0 spiro atoms. The maximum absolute atomic E-state index is 11.6. The molecule has 1 aromatic heterocycles. The molecule has 0 bridgehead atoms.